The van der Waals surface area contributed by atoms with Gasteiger partial charge >= 0.3 is 5.97 Å². The lowest BCUT2D eigenvalue weighted by Crippen LogP contribution is -1.91. The van der Waals surface area contributed by atoms with Gasteiger partial charge in [0.25, 0.3) is 0 Å². The normalized spacial score (nSPS) is 9.25. The van der Waals surface area contributed by atoms with Crippen LogP contribution in [0, 0.1) is 12.3 Å². The minimum absolute atomic E-state index is 0.0606. The van der Waals surface area contributed by atoms with Crippen LogP contribution in [0.4, 0.5) is 0 Å². The van der Waals surface area contributed by atoms with Crippen LogP contribution < -0.4 is 0 Å². The lowest BCUT2D eigenvalue weighted by molar-refractivity contribution is 0.0656. The van der Waals surface area contributed by atoms with Gasteiger partial charge in [-0.25, -0.2) is 4.79 Å². The molecule has 0 radical (unpaired) electrons. The summed E-state index contributed by atoms with van der Waals surface area (Å²) in [6.07, 6.45) is 5.01. The lowest BCUT2D eigenvalue weighted by atomic mass is 10.5. The van der Waals surface area contributed by atoms with Crippen molar-refractivity contribution in [3.8, 4) is 12.3 Å². The van der Waals surface area contributed by atoms with Gasteiger partial charge in [-0.05, 0) is 12.1 Å². The Labute approximate surface area is 73.8 Å². The van der Waals surface area contributed by atoms with Crippen LogP contribution in [0.3, 0.4) is 0 Å². The van der Waals surface area contributed by atoms with Crippen molar-refractivity contribution in [3.63, 3.8) is 0 Å². The molecule has 0 aliphatic carbocycles. The fourth-order valence-electron chi connectivity index (χ4n) is 0.625. The van der Waals surface area contributed by atoms with E-state index in [1.165, 1.54) is 17.8 Å². The predicted octanol–water partition coefficient (Wildman–Crippen LogP) is 1.70. The molecule has 1 aromatic heterocycles. The standard InChI is InChI=1S/C8H6O3S/c1-2-5-12-7-4-3-6(11-7)8(9)10/h1,3-4H,5H2,(H,9,10). The van der Waals surface area contributed by atoms with Crippen LogP contribution in [0.15, 0.2) is 21.6 Å². The maximum atomic E-state index is 10.3. The monoisotopic (exact) mass is 182 g/mol. The van der Waals surface area contributed by atoms with Crippen LogP contribution in [0.25, 0.3) is 0 Å². The predicted molar refractivity (Wildman–Crippen MR) is 45.2 cm³/mol. The summed E-state index contributed by atoms with van der Waals surface area (Å²) >= 11 is 1.29. The summed E-state index contributed by atoms with van der Waals surface area (Å²) in [6.45, 7) is 0. The summed E-state index contributed by atoms with van der Waals surface area (Å²) in [6, 6.07) is 2.99. The Morgan fingerprint density at radius 2 is 2.50 bits per heavy atom. The van der Waals surface area contributed by atoms with Crippen molar-refractivity contribution in [1.29, 1.82) is 0 Å². The summed E-state index contributed by atoms with van der Waals surface area (Å²) in [5.41, 5.74) is 0. The third-order valence-corrected chi connectivity index (χ3v) is 1.90. The second kappa shape index (κ2) is 3.88. The Bertz CT molecular complexity index is 321. The highest BCUT2D eigenvalue weighted by Crippen LogP contribution is 2.20. The van der Waals surface area contributed by atoms with Crippen molar-refractivity contribution in [2.75, 3.05) is 5.75 Å². The van der Waals surface area contributed by atoms with E-state index in [2.05, 4.69) is 5.92 Å². The smallest absolute Gasteiger partial charge is 0.371 e. The van der Waals surface area contributed by atoms with E-state index in [1.54, 1.807) is 6.07 Å². The van der Waals surface area contributed by atoms with Gasteiger partial charge in [0, 0.05) is 0 Å². The number of rotatable bonds is 3. The molecule has 0 aliphatic rings. The van der Waals surface area contributed by atoms with Crippen LogP contribution in [0.2, 0.25) is 0 Å². The molecule has 0 amide bonds. The fraction of sp³-hybridized carbons (Fsp3) is 0.125. The van der Waals surface area contributed by atoms with E-state index in [9.17, 15) is 4.79 Å². The number of carboxylic acids is 1. The zero-order valence-corrected chi connectivity index (χ0v) is 6.93. The highest BCUT2D eigenvalue weighted by atomic mass is 32.2. The van der Waals surface area contributed by atoms with Crippen molar-refractivity contribution < 1.29 is 14.3 Å². The SMILES string of the molecule is C#CCSc1ccc(C(=O)O)o1. The number of hydrogen-bond donors (Lipinski definition) is 1. The van der Waals surface area contributed by atoms with Crippen LogP contribution >= 0.6 is 11.8 Å². The molecule has 0 aromatic carbocycles. The van der Waals surface area contributed by atoms with Crippen LogP contribution in [0.5, 0.6) is 0 Å². The largest absolute Gasteiger partial charge is 0.475 e. The number of aromatic carboxylic acids is 1. The van der Waals surface area contributed by atoms with E-state index >= 15 is 0 Å². The van der Waals surface area contributed by atoms with Gasteiger partial charge in [-0.3, -0.25) is 0 Å². The Balaban J connectivity index is 2.66. The van der Waals surface area contributed by atoms with Crippen molar-refractivity contribution in [1.82, 2.24) is 0 Å². The van der Waals surface area contributed by atoms with Crippen LogP contribution in [0.1, 0.15) is 10.6 Å². The molecule has 1 heterocycles. The third-order valence-electron chi connectivity index (χ3n) is 1.09. The second-order valence-corrected chi connectivity index (χ2v) is 2.90. The molecular formula is C8H6O3S. The molecule has 4 heteroatoms. The lowest BCUT2D eigenvalue weighted by Gasteiger charge is -1.88. The molecule has 0 spiro atoms. The average Bonchev–Trinajstić information content (AvgIpc) is 2.48. The van der Waals surface area contributed by atoms with Crippen molar-refractivity contribution in [2.24, 2.45) is 0 Å². The Kier molecular flexibility index (Phi) is 2.83. The Morgan fingerprint density at radius 3 is 3.00 bits per heavy atom. The number of terminal acetylenes is 1. The van der Waals surface area contributed by atoms with Gasteiger partial charge in [0.15, 0.2) is 5.09 Å². The topological polar surface area (TPSA) is 50.4 Å². The molecule has 1 aromatic rings. The van der Waals surface area contributed by atoms with Gasteiger partial charge in [0.2, 0.25) is 5.76 Å². The molecule has 0 atom stereocenters. The number of carbonyl (C=O) groups is 1. The first kappa shape index (κ1) is 8.75. The molecule has 0 aliphatic heterocycles. The van der Waals surface area contributed by atoms with Crippen LogP contribution in [-0.2, 0) is 0 Å². The molecule has 0 unspecified atom stereocenters. The van der Waals surface area contributed by atoms with Gasteiger partial charge in [0.05, 0.1) is 5.75 Å². The zero-order valence-electron chi connectivity index (χ0n) is 6.11. The maximum absolute atomic E-state index is 10.3. The molecule has 62 valence electrons. The quantitative estimate of drug-likeness (QED) is 0.571. The van der Waals surface area contributed by atoms with E-state index in [0.29, 0.717) is 10.8 Å². The first-order valence-corrected chi connectivity index (χ1v) is 4.12. The van der Waals surface area contributed by atoms with Crippen molar-refractivity contribution in [3.05, 3.63) is 17.9 Å². The number of furan rings is 1. The molecule has 3 nitrogen and oxygen atoms in total. The molecule has 0 bridgehead atoms. The summed E-state index contributed by atoms with van der Waals surface area (Å²) < 4.78 is 4.92. The summed E-state index contributed by atoms with van der Waals surface area (Å²) in [7, 11) is 0. The molecule has 0 fully saturated rings. The number of carboxylic acid groups (broad SMARTS) is 1. The minimum atomic E-state index is -1.07. The molecule has 1 rings (SSSR count). The number of hydrogen-bond acceptors (Lipinski definition) is 3. The van der Waals surface area contributed by atoms with Gasteiger partial charge in [-0.2, -0.15) is 0 Å². The first-order chi connectivity index (χ1) is 5.74. The fourth-order valence-corrected chi connectivity index (χ4v) is 1.16. The van der Waals surface area contributed by atoms with Gasteiger partial charge < -0.3 is 9.52 Å². The molecule has 0 saturated carbocycles. The highest BCUT2D eigenvalue weighted by molar-refractivity contribution is 7.99. The van der Waals surface area contributed by atoms with Gasteiger partial charge in [0.1, 0.15) is 0 Å². The Hall–Kier alpha value is -1.34. The average molecular weight is 182 g/mol. The number of thioether (sulfide) groups is 1. The van der Waals surface area contributed by atoms with Gasteiger partial charge in [-0.1, -0.05) is 17.7 Å². The first-order valence-electron chi connectivity index (χ1n) is 3.13. The van der Waals surface area contributed by atoms with Gasteiger partial charge in [-0.15, -0.1) is 6.42 Å². The maximum Gasteiger partial charge on any atom is 0.371 e. The van der Waals surface area contributed by atoms with Crippen LogP contribution in [-0.4, -0.2) is 16.8 Å². The van der Waals surface area contributed by atoms with Crippen molar-refractivity contribution >= 4 is 17.7 Å². The van der Waals surface area contributed by atoms with E-state index in [4.69, 9.17) is 15.9 Å². The summed E-state index contributed by atoms with van der Waals surface area (Å²) in [5, 5.41) is 9.01. The molecular weight excluding hydrogens is 176 g/mol. The van der Waals surface area contributed by atoms with E-state index in [1.807, 2.05) is 0 Å². The second-order valence-electron chi connectivity index (χ2n) is 1.92. The highest BCUT2D eigenvalue weighted by Gasteiger charge is 2.07. The van der Waals surface area contributed by atoms with E-state index < -0.39 is 5.97 Å². The summed E-state index contributed by atoms with van der Waals surface area (Å²) in [4.78, 5) is 10.3. The van der Waals surface area contributed by atoms with Crippen molar-refractivity contribution in [2.45, 2.75) is 5.09 Å². The summed E-state index contributed by atoms with van der Waals surface area (Å²) in [5.74, 6) is 1.76. The molecule has 1 N–H and O–H groups in total. The zero-order chi connectivity index (χ0) is 8.97. The third kappa shape index (κ3) is 2.07. The Morgan fingerprint density at radius 1 is 1.75 bits per heavy atom. The van der Waals surface area contributed by atoms with E-state index in [0.717, 1.165) is 0 Å². The molecule has 12 heavy (non-hydrogen) atoms. The minimum Gasteiger partial charge on any atom is -0.475 e. The molecule has 0 saturated heterocycles. The van der Waals surface area contributed by atoms with E-state index in [-0.39, 0.29) is 5.76 Å².